The highest BCUT2D eigenvalue weighted by Gasteiger charge is 2.09. The van der Waals surface area contributed by atoms with Crippen LogP contribution in [0.25, 0.3) is 22.3 Å². The van der Waals surface area contributed by atoms with Crippen molar-refractivity contribution in [3.05, 3.63) is 180 Å². The molecule has 0 N–H and O–H groups in total. The Morgan fingerprint density at radius 3 is 0.976 bits per heavy atom. The summed E-state index contributed by atoms with van der Waals surface area (Å²) in [5.74, 6) is 0.855. The average molecular weight is 547 g/mol. The summed E-state index contributed by atoms with van der Waals surface area (Å²) in [5.41, 5.74) is 9.41. The number of carbonyl (C=O) groups excluding carboxylic acids is 1. The van der Waals surface area contributed by atoms with E-state index in [-0.39, 0.29) is 0 Å². The van der Waals surface area contributed by atoms with Crippen molar-refractivity contribution < 1.29 is 14.3 Å². The molecule has 0 spiro atoms. The molecule has 0 aromatic heterocycles. The summed E-state index contributed by atoms with van der Waals surface area (Å²) in [6.07, 6.45) is 1.04. The van der Waals surface area contributed by atoms with E-state index in [0.717, 1.165) is 35.1 Å². The highest BCUT2D eigenvalue weighted by atomic mass is 16.7. The van der Waals surface area contributed by atoms with Gasteiger partial charge in [0.1, 0.15) is 11.5 Å². The molecular formula is C39H30O3. The Kier molecular flexibility index (Phi) is 8.19. The first-order valence-electron chi connectivity index (χ1n) is 14.0. The predicted molar refractivity (Wildman–Crippen MR) is 169 cm³/mol. The molecule has 0 unspecified atom stereocenters. The van der Waals surface area contributed by atoms with Gasteiger partial charge in [0, 0.05) is 0 Å². The van der Waals surface area contributed by atoms with E-state index in [1.165, 1.54) is 22.3 Å². The van der Waals surface area contributed by atoms with Gasteiger partial charge in [0.15, 0.2) is 0 Å². The van der Waals surface area contributed by atoms with Crippen molar-refractivity contribution in [2.24, 2.45) is 0 Å². The van der Waals surface area contributed by atoms with Crippen LogP contribution >= 0.6 is 0 Å². The molecule has 6 aromatic carbocycles. The molecule has 6 aromatic rings. The van der Waals surface area contributed by atoms with Crippen molar-refractivity contribution in [3.8, 4) is 33.8 Å². The molecule has 0 aliphatic carbocycles. The molecule has 0 radical (unpaired) electrons. The fourth-order valence-corrected chi connectivity index (χ4v) is 4.94. The van der Waals surface area contributed by atoms with Gasteiger partial charge in [-0.15, -0.1) is 0 Å². The normalized spacial score (nSPS) is 10.7. The van der Waals surface area contributed by atoms with Crippen LogP contribution in [0, 0.1) is 0 Å². The Labute approximate surface area is 246 Å². The number of hydrogen-bond acceptors (Lipinski definition) is 3. The summed E-state index contributed by atoms with van der Waals surface area (Å²) in [6.45, 7) is 0. The minimum atomic E-state index is -0.772. The third-order valence-electron chi connectivity index (χ3n) is 7.19. The van der Waals surface area contributed by atoms with Gasteiger partial charge in [-0.2, -0.15) is 0 Å². The first-order valence-corrected chi connectivity index (χ1v) is 14.0. The number of rotatable bonds is 8. The average Bonchev–Trinajstić information content (AvgIpc) is 3.04. The van der Waals surface area contributed by atoms with Crippen molar-refractivity contribution >= 4 is 6.16 Å². The Hall–Kier alpha value is -5.41. The van der Waals surface area contributed by atoms with Crippen molar-refractivity contribution in [3.63, 3.8) is 0 Å². The molecule has 3 heteroatoms. The number of ether oxygens (including phenoxy) is 2. The fraction of sp³-hybridized carbons (Fsp3) is 0.0513. The first kappa shape index (κ1) is 26.8. The summed E-state index contributed by atoms with van der Waals surface area (Å²) in [6, 6.07) is 52.8. The van der Waals surface area contributed by atoms with Crippen LogP contribution in [0.2, 0.25) is 0 Å². The zero-order valence-corrected chi connectivity index (χ0v) is 23.2. The highest BCUT2D eigenvalue weighted by molar-refractivity contribution is 5.70. The smallest absolute Gasteiger partial charge is 0.395 e. The topological polar surface area (TPSA) is 35.5 Å². The molecule has 6 rings (SSSR count). The minimum Gasteiger partial charge on any atom is -0.395 e. The molecule has 0 fully saturated rings. The third kappa shape index (κ3) is 7.01. The predicted octanol–water partition coefficient (Wildman–Crippen LogP) is 9.78. The third-order valence-corrected chi connectivity index (χ3v) is 7.19. The second-order valence-corrected chi connectivity index (χ2v) is 10.2. The van der Waals surface area contributed by atoms with E-state index in [2.05, 4.69) is 97.1 Å². The van der Waals surface area contributed by atoms with Gasteiger partial charge in [0.25, 0.3) is 0 Å². The molecule has 0 atom stereocenters. The van der Waals surface area contributed by atoms with Crippen molar-refractivity contribution in [1.29, 1.82) is 0 Å². The number of carbonyl (C=O) groups is 1. The second kappa shape index (κ2) is 12.8. The molecule has 42 heavy (non-hydrogen) atoms. The van der Waals surface area contributed by atoms with E-state index in [0.29, 0.717) is 11.5 Å². The van der Waals surface area contributed by atoms with Crippen LogP contribution in [-0.4, -0.2) is 6.16 Å². The standard InChI is InChI=1S/C39H30O3/c40-39(41-37-23-19-35(20-24-37)33-15-11-31(12-16-33)27-29-7-3-1-4-8-29)42-38-25-21-36(22-26-38)34-17-13-32(14-18-34)28-30-9-5-2-6-10-30/h1-26H,27-28H2. The van der Waals surface area contributed by atoms with Crippen LogP contribution in [0.1, 0.15) is 22.3 Å². The van der Waals surface area contributed by atoms with Crippen LogP contribution in [0.3, 0.4) is 0 Å². The Morgan fingerprint density at radius 2 is 0.643 bits per heavy atom. The molecule has 3 nitrogen and oxygen atoms in total. The van der Waals surface area contributed by atoms with Gasteiger partial charge in [-0.05, 0) is 81.6 Å². The Bertz CT molecular complexity index is 1590. The summed E-state index contributed by atoms with van der Waals surface area (Å²) >= 11 is 0. The number of hydrogen-bond donors (Lipinski definition) is 0. The van der Waals surface area contributed by atoms with E-state index in [9.17, 15) is 4.79 Å². The first-order chi connectivity index (χ1) is 20.7. The van der Waals surface area contributed by atoms with Gasteiger partial charge < -0.3 is 9.47 Å². The molecule has 0 amide bonds. The lowest BCUT2D eigenvalue weighted by molar-refractivity contribution is 0.152. The molecular weight excluding hydrogens is 516 g/mol. The lowest BCUT2D eigenvalue weighted by Gasteiger charge is -2.09. The van der Waals surface area contributed by atoms with E-state index >= 15 is 0 Å². The van der Waals surface area contributed by atoms with Gasteiger partial charge in [-0.25, -0.2) is 4.79 Å². The largest absolute Gasteiger partial charge is 0.519 e. The Morgan fingerprint density at radius 1 is 0.357 bits per heavy atom. The van der Waals surface area contributed by atoms with Crippen LogP contribution in [0.15, 0.2) is 158 Å². The van der Waals surface area contributed by atoms with E-state index in [4.69, 9.17) is 9.47 Å². The van der Waals surface area contributed by atoms with Crippen molar-refractivity contribution in [1.82, 2.24) is 0 Å². The lowest BCUT2D eigenvalue weighted by atomic mass is 10.0. The summed E-state index contributed by atoms with van der Waals surface area (Å²) in [5, 5.41) is 0. The molecule has 0 bridgehead atoms. The fourth-order valence-electron chi connectivity index (χ4n) is 4.94. The van der Waals surface area contributed by atoms with Crippen LogP contribution in [0.4, 0.5) is 4.79 Å². The van der Waals surface area contributed by atoms with Crippen molar-refractivity contribution in [2.75, 3.05) is 0 Å². The quantitative estimate of drug-likeness (QED) is 0.141. The maximum atomic E-state index is 12.4. The van der Waals surface area contributed by atoms with Crippen LogP contribution in [-0.2, 0) is 12.8 Å². The molecule has 0 aliphatic heterocycles. The monoisotopic (exact) mass is 546 g/mol. The molecule has 0 aliphatic rings. The van der Waals surface area contributed by atoms with Gasteiger partial charge in [0.05, 0.1) is 0 Å². The zero-order chi connectivity index (χ0) is 28.6. The van der Waals surface area contributed by atoms with E-state index < -0.39 is 6.16 Å². The van der Waals surface area contributed by atoms with Crippen molar-refractivity contribution in [2.45, 2.75) is 12.8 Å². The van der Waals surface area contributed by atoms with E-state index in [1.54, 1.807) is 24.3 Å². The van der Waals surface area contributed by atoms with Gasteiger partial charge in [-0.3, -0.25) is 0 Å². The van der Waals surface area contributed by atoms with Crippen LogP contribution < -0.4 is 9.47 Å². The lowest BCUT2D eigenvalue weighted by Crippen LogP contribution is -2.13. The minimum absolute atomic E-state index is 0.427. The zero-order valence-electron chi connectivity index (χ0n) is 23.2. The molecule has 0 heterocycles. The maximum absolute atomic E-state index is 12.4. The summed E-state index contributed by atoms with van der Waals surface area (Å²) in [4.78, 5) is 12.4. The highest BCUT2D eigenvalue weighted by Crippen LogP contribution is 2.26. The van der Waals surface area contributed by atoms with Crippen LogP contribution in [0.5, 0.6) is 11.5 Å². The molecule has 0 saturated carbocycles. The number of benzene rings is 6. The molecule has 204 valence electrons. The van der Waals surface area contributed by atoms with Gasteiger partial charge in [0.2, 0.25) is 0 Å². The Balaban J connectivity index is 1.01. The summed E-state index contributed by atoms with van der Waals surface area (Å²) in [7, 11) is 0. The van der Waals surface area contributed by atoms with Gasteiger partial charge in [-0.1, -0.05) is 133 Å². The summed E-state index contributed by atoms with van der Waals surface area (Å²) < 4.78 is 10.8. The maximum Gasteiger partial charge on any atom is 0.519 e. The second-order valence-electron chi connectivity index (χ2n) is 10.2. The molecule has 0 saturated heterocycles. The van der Waals surface area contributed by atoms with E-state index in [1.807, 2.05) is 36.4 Å². The van der Waals surface area contributed by atoms with Gasteiger partial charge >= 0.3 is 6.16 Å². The SMILES string of the molecule is O=C(Oc1ccc(-c2ccc(Cc3ccccc3)cc2)cc1)Oc1ccc(-c2ccc(Cc3ccccc3)cc2)cc1.